The molecular formula is C11H9N3O3S2. The summed E-state index contributed by atoms with van der Waals surface area (Å²) in [5, 5.41) is 5.67. The molecule has 2 amide bonds. The molecule has 8 heteroatoms. The van der Waals surface area contributed by atoms with E-state index in [0.717, 1.165) is 4.31 Å². The number of carbonyl (C=O) groups is 1. The third kappa shape index (κ3) is 1.98. The fourth-order valence-electron chi connectivity index (χ4n) is 1.78. The van der Waals surface area contributed by atoms with Gasteiger partial charge in [-0.05, 0) is 12.1 Å². The first-order valence-corrected chi connectivity index (χ1v) is 7.77. The molecule has 1 aliphatic rings. The third-order valence-corrected chi connectivity index (χ3v) is 5.36. The van der Waals surface area contributed by atoms with Gasteiger partial charge in [-0.15, -0.1) is 11.3 Å². The van der Waals surface area contributed by atoms with Gasteiger partial charge < -0.3 is 5.32 Å². The van der Waals surface area contributed by atoms with Crippen LogP contribution in [0.4, 0.5) is 10.5 Å². The lowest BCUT2D eigenvalue weighted by Gasteiger charge is -2.26. The molecule has 2 aromatic rings. The van der Waals surface area contributed by atoms with Gasteiger partial charge in [-0.25, -0.2) is 17.5 Å². The fraction of sp³-hybridized carbons (Fsp3) is 0.0909. The molecule has 98 valence electrons. The number of hydrogen-bond donors (Lipinski definition) is 1. The summed E-state index contributed by atoms with van der Waals surface area (Å²) in [7, 11) is -3.80. The van der Waals surface area contributed by atoms with Crippen molar-refractivity contribution >= 4 is 33.1 Å². The zero-order chi connectivity index (χ0) is 13.5. The number of sulfonamides is 1. The summed E-state index contributed by atoms with van der Waals surface area (Å²) in [6.07, 6.45) is 1.56. The van der Waals surface area contributed by atoms with Crippen LogP contribution in [0, 0.1) is 0 Å². The largest absolute Gasteiger partial charge is 0.336 e. The number of rotatable bonds is 2. The highest BCUT2D eigenvalue weighted by atomic mass is 32.2. The van der Waals surface area contributed by atoms with Crippen LogP contribution in [-0.4, -0.2) is 23.7 Å². The lowest BCUT2D eigenvalue weighted by atomic mass is 10.3. The van der Waals surface area contributed by atoms with Crippen molar-refractivity contribution in [2.45, 2.75) is 11.4 Å². The van der Waals surface area contributed by atoms with Crippen LogP contribution in [0.5, 0.6) is 0 Å². The van der Waals surface area contributed by atoms with Gasteiger partial charge in [-0.1, -0.05) is 6.07 Å². The Morgan fingerprint density at radius 2 is 2.16 bits per heavy atom. The van der Waals surface area contributed by atoms with Gasteiger partial charge in [0.2, 0.25) is 0 Å². The van der Waals surface area contributed by atoms with Crippen LogP contribution in [-0.2, 0) is 16.6 Å². The smallest absolute Gasteiger partial charge is 0.305 e. The number of nitrogens with zero attached hydrogens (tertiary/aromatic N) is 2. The first kappa shape index (κ1) is 12.1. The minimum atomic E-state index is -3.80. The SMILES string of the molecule is O=C1Nc2cscc2S(=O)(=O)N1Cc1ccccn1. The minimum Gasteiger partial charge on any atom is -0.305 e. The van der Waals surface area contributed by atoms with Gasteiger partial charge in [0.05, 0.1) is 17.9 Å². The number of urea groups is 1. The van der Waals surface area contributed by atoms with Crippen molar-refractivity contribution in [3.05, 3.63) is 40.8 Å². The van der Waals surface area contributed by atoms with Crippen LogP contribution in [0.15, 0.2) is 40.1 Å². The van der Waals surface area contributed by atoms with Crippen molar-refractivity contribution in [2.75, 3.05) is 5.32 Å². The molecule has 0 aromatic carbocycles. The Bertz CT molecular complexity index is 725. The van der Waals surface area contributed by atoms with Crippen molar-refractivity contribution in [3.8, 4) is 0 Å². The van der Waals surface area contributed by atoms with E-state index in [4.69, 9.17) is 0 Å². The minimum absolute atomic E-state index is 0.0791. The number of pyridine rings is 1. The van der Waals surface area contributed by atoms with E-state index >= 15 is 0 Å². The van der Waals surface area contributed by atoms with E-state index < -0.39 is 16.1 Å². The topological polar surface area (TPSA) is 79.4 Å². The summed E-state index contributed by atoms with van der Waals surface area (Å²) in [5.74, 6) is 0. The van der Waals surface area contributed by atoms with Crippen LogP contribution < -0.4 is 5.32 Å². The number of amides is 2. The first-order chi connectivity index (χ1) is 9.09. The molecule has 1 N–H and O–H groups in total. The summed E-state index contributed by atoms with van der Waals surface area (Å²) in [6.45, 7) is -0.0791. The molecule has 19 heavy (non-hydrogen) atoms. The summed E-state index contributed by atoms with van der Waals surface area (Å²) in [5.41, 5.74) is 0.854. The van der Waals surface area contributed by atoms with Crippen LogP contribution in [0.2, 0.25) is 0 Å². The molecule has 0 saturated carbocycles. The van der Waals surface area contributed by atoms with Crippen molar-refractivity contribution in [1.29, 1.82) is 0 Å². The Hall–Kier alpha value is -1.93. The predicted molar refractivity (Wildman–Crippen MR) is 70.3 cm³/mol. The highest BCUT2D eigenvalue weighted by Crippen LogP contribution is 2.33. The van der Waals surface area contributed by atoms with E-state index in [1.54, 1.807) is 29.8 Å². The second-order valence-corrected chi connectivity index (χ2v) is 6.49. The van der Waals surface area contributed by atoms with E-state index in [1.807, 2.05) is 0 Å². The maximum absolute atomic E-state index is 12.3. The maximum atomic E-state index is 12.3. The zero-order valence-electron chi connectivity index (χ0n) is 9.61. The van der Waals surface area contributed by atoms with Gasteiger partial charge in [-0.2, -0.15) is 0 Å². The van der Waals surface area contributed by atoms with Crippen LogP contribution in [0.3, 0.4) is 0 Å². The van der Waals surface area contributed by atoms with Gasteiger partial charge in [0.15, 0.2) is 0 Å². The van der Waals surface area contributed by atoms with E-state index in [-0.39, 0.29) is 11.4 Å². The highest BCUT2D eigenvalue weighted by Gasteiger charge is 2.37. The molecule has 0 radical (unpaired) electrons. The Balaban J connectivity index is 2.01. The molecule has 0 saturated heterocycles. The predicted octanol–water partition coefficient (Wildman–Crippen LogP) is 1.88. The Kier molecular flexibility index (Phi) is 2.76. The molecule has 6 nitrogen and oxygen atoms in total. The van der Waals surface area contributed by atoms with Crippen LogP contribution >= 0.6 is 11.3 Å². The van der Waals surface area contributed by atoms with Gasteiger partial charge in [-0.3, -0.25) is 4.98 Å². The van der Waals surface area contributed by atoms with Crippen molar-refractivity contribution in [1.82, 2.24) is 9.29 Å². The molecule has 0 spiro atoms. The number of anilines is 1. The van der Waals surface area contributed by atoms with Crippen molar-refractivity contribution in [3.63, 3.8) is 0 Å². The highest BCUT2D eigenvalue weighted by molar-refractivity contribution is 7.90. The van der Waals surface area contributed by atoms with Gasteiger partial charge in [0.25, 0.3) is 10.0 Å². The van der Waals surface area contributed by atoms with E-state index in [1.165, 1.54) is 16.7 Å². The molecule has 1 aliphatic heterocycles. The molecule has 2 aromatic heterocycles. The van der Waals surface area contributed by atoms with Crippen molar-refractivity contribution < 1.29 is 13.2 Å². The van der Waals surface area contributed by atoms with Gasteiger partial charge in [0, 0.05) is 17.0 Å². The third-order valence-electron chi connectivity index (χ3n) is 2.69. The Morgan fingerprint density at radius 3 is 2.89 bits per heavy atom. The van der Waals surface area contributed by atoms with Gasteiger partial charge >= 0.3 is 6.03 Å². The van der Waals surface area contributed by atoms with Crippen LogP contribution in [0.25, 0.3) is 0 Å². The number of aromatic nitrogens is 1. The lowest BCUT2D eigenvalue weighted by molar-refractivity contribution is 0.233. The Morgan fingerprint density at radius 1 is 1.32 bits per heavy atom. The average molecular weight is 295 g/mol. The lowest BCUT2D eigenvalue weighted by Crippen LogP contribution is -2.43. The quantitative estimate of drug-likeness (QED) is 0.917. The number of thiophene rings is 1. The summed E-state index contributed by atoms with van der Waals surface area (Å²) < 4.78 is 25.4. The molecule has 0 bridgehead atoms. The summed E-state index contributed by atoms with van der Waals surface area (Å²) in [4.78, 5) is 16.1. The monoisotopic (exact) mass is 295 g/mol. The number of hydrogen-bond acceptors (Lipinski definition) is 5. The molecule has 0 unspecified atom stereocenters. The summed E-state index contributed by atoms with van der Waals surface area (Å²) >= 11 is 1.23. The van der Waals surface area contributed by atoms with E-state index in [9.17, 15) is 13.2 Å². The Labute approximate surface area is 113 Å². The second-order valence-electron chi connectivity index (χ2n) is 3.91. The molecule has 0 aliphatic carbocycles. The molecule has 0 fully saturated rings. The first-order valence-electron chi connectivity index (χ1n) is 5.39. The van der Waals surface area contributed by atoms with Gasteiger partial charge in [0.1, 0.15) is 4.90 Å². The second kappa shape index (κ2) is 4.32. The summed E-state index contributed by atoms with van der Waals surface area (Å²) in [6, 6.07) is 4.49. The average Bonchev–Trinajstić information content (AvgIpc) is 2.85. The number of nitrogens with one attached hydrogen (secondary N) is 1. The maximum Gasteiger partial charge on any atom is 0.336 e. The number of carbonyl (C=O) groups excluding carboxylic acids is 1. The van der Waals surface area contributed by atoms with Crippen molar-refractivity contribution in [2.24, 2.45) is 0 Å². The molecule has 0 atom stereocenters. The molecule has 3 heterocycles. The normalized spacial score (nSPS) is 16.8. The molecular weight excluding hydrogens is 286 g/mol. The fourth-order valence-corrected chi connectivity index (χ4v) is 4.34. The number of fused-ring (bicyclic) bond motifs is 1. The van der Waals surface area contributed by atoms with E-state index in [2.05, 4.69) is 10.3 Å². The van der Waals surface area contributed by atoms with Crippen LogP contribution in [0.1, 0.15) is 5.69 Å². The van der Waals surface area contributed by atoms with E-state index in [0.29, 0.717) is 11.4 Å². The molecule has 3 rings (SSSR count). The zero-order valence-corrected chi connectivity index (χ0v) is 11.2. The standard InChI is InChI=1S/C11H9N3O3S2/c15-11-13-9-6-18-7-10(9)19(16,17)14(11)5-8-3-1-2-4-12-8/h1-4,6-7H,5H2,(H,13,15).